The van der Waals surface area contributed by atoms with Gasteiger partial charge in [0.05, 0.1) is 5.52 Å². The topological polar surface area (TPSA) is 12.9 Å². The van der Waals surface area contributed by atoms with Crippen LogP contribution < -0.4 is 0 Å². The molecule has 6 rings (SSSR count). The number of fused-ring (bicyclic) bond motifs is 5. The first kappa shape index (κ1) is 13.4. The lowest BCUT2D eigenvalue weighted by atomic mass is 9.79. The van der Waals surface area contributed by atoms with Gasteiger partial charge >= 0.3 is 0 Å². The van der Waals surface area contributed by atoms with E-state index >= 15 is 0 Å². The van der Waals surface area contributed by atoms with Crippen molar-refractivity contribution in [2.24, 2.45) is 0 Å². The van der Waals surface area contributed by atoms with Crippen molar-refractivity contribution in [1.82, 2.24) is 4.98 Å². The van der Waals surface area contributed by atoms with Crippen molar-refractivity contribution < 1.29 is 0 Å². The zero-order valence-corrected chi connectivity index (χ0v) is 14.3. The van der Waals surface area contributed by atoms with E-state index in [1.54, 1.807) is 0 Å². The second-order valence-corrected chi connectivity index (χ2v) is 7.65. The van der Waals surface area contributed by atoms with Crippen molar-refractivity contribution in [2.75, 3.05) is 0 Å². The summed E-state index contributed by atoms with van der Waals surface area (Å²) >= 11 is 0. The van der Waals surface area contributed by atoms with Gasteiger partial charge in [0.25, 0.3) is 0 Å². The van der Waals surface area contributed by atoms with E-state index in [-0.39, 0.29) is 5.41 Å². The quantitative estimate of drug-likeness (QED) is 0.240. The van der Waals surface area contributed by atoms with Gasteiger partial charge in [0.1, 0.15) is 0 Å². The minimum absolute atomic E-state index is 0.00165. The second-order valence-electron chi connectivity index (χ2n) is 7.65. The molecule has 118 valence electrons. The Hall–Kier alpha value is -2.93. The first-order valence-electron chi connectivity index (χ1n) is 8.84. The fourth-order valence-corrected chi connectivity index (χ4v) is 4.98. The van der Waals surface area contributed by atoms with Crippen LogP contribution in [0.15, 0.2) is 66.9 Å². The van der Waals surface area contributed by atoms with Crippen LogP contribution in [0.3, 0.4) is 0 Å². The SMILES string of the molecule is CC1(C)c2cccc3c4cccnc4c4cc5ccccc5c1c4c23. The molecule has 1 heterocycles. The summed E-state index contributed by atoms with van der Waals surface area (Å²) in [4.78, 5) is 4.78. The second kappa shape index (κ2) is 4.18. The molecule has 0 amide bonds. The lowest BCUT2D eigenvalue weighted by molar-refractivity contribution is 0.668. The average molecular weight is 319 g/mol. The minimum Gasteiger partial charge on any atom is -0.256 e. The number of aromatic nitrogens is 1. The molecule has 0 unspecified atom stereocenters. The Bertz CT molecular complexity index is 1360. The summed E-state index contributed by atoms with van der Waals surface area (Å²) in [6.45, 7) is 4.72. The summed E-state index contributed by atoms with van der Waals surface area (Å²) in [7, 11) is 0. The molecule has 1 heteroatoms. The molecule has 0 atom stereocenters. The van der Waals surface area contributed by atoms with E-state index in [1.165, 1.54) is 48.8 Å². The lowest BCUT2D eigenvalue weighted by Gasteiger charge is -2.23. The number of pyridine rings is 1. The van der Waals surface area contributed by atoms with Gasteiger partial charge in [-0.25, -0.2) is 0 Å². The molecule has 4 aromatic carbocycles. The fourth-order valence-electron chi connectivity index (χ4n) is 4.98. The van der Waals surface area contributed by atoms with Crippen LogP contribution in [0.1, 0.15) is 25.0 Å². The summed E-state index contributed by atoms with van der Waals surface area (Å²) in [6, 6.07) is 22.1. The highest BCUT2D eigenvalue weighted by Crippen LogP contribution is 2.53. The Balaban J connectivity index is 2.09. The van der Waals surface area contributed by atoms with Crippen LogP contribution in [-0.2, 0) is 5.41 Å². The van der Waals surface area contributed by atoms with E-state index in [0.717, 1.165) is 5.52 Å². The standard InChI is InChI=1S/C24H17N/c1-24(2)19-11-5-9-16-17-10-6-12-25-23(17)18-13-14-7-3-4-8-15(14)22(24)21(18)20(16)19/h3-13H,1-2H3. The van der Waals surface area contributed by atoms with E-state index in [9.17, 15) is 0 Å². The van der Waals surface area contributed by atoms with Crippen LogP contribution in [0.4, 0.5) is 0 Å². The third-order valence-electron chi connectivity index (χ3n) is 6.02. The van der Waals surface area contributed by atoms with Gasteiger partial charge in [-0.2, -0.15) is 0 Å². The van der Waals surface area contributed by atoms with E-state index in [4.69, 9.17) is 4.98 Å². The van der Waals surface area contributed by atoms with Gasteiger partial charge in [-0.05, 0) is 50.2 Å². The molecule has 1 nitrogen and oxygen atoms in total. The Labute approximate surface area is 145 Å². The Morgan fingerprint density at radius 3 is 2.44 bits per heavy atom. The molecule has 25 heavy (non-hydrogen) atoms. The third-order valence-corrected chi connectivity index (χ3v) is 6.02. The Morgan fingerprint density at radius 2 is 1.52 bits per heavy atom. The van der Waals surface area contributed by atoms with Crippen molar-refractivity contribution in [3.8, 4) is 0 Å². The zero-order valence-electron chi connectivity index (χ0n) is 14.3. The molecule has 0 aliphatic heterocycles. The Kier molecular flexibility index (Phi) is 2.23. The highest BCUT2D eigenvalue weighted by molar-refractivity contribution is 6.30. The number of hydrogen-bond acceptors (Lipinski definition) is 1. The number of hydrogen-bond donors (Lipinski definition) is 0. The normalized spacial score (nSPS) is 15.1. The van der Waals surface area contributed by atoms with Crippen LogP contribution >= 0.6 is 0 Å². The van der Waals surface area contributed by atoms with Gasteiger partial charge in [0.2, 0.25) is 0 Å². The van der Waals surface area contributed by atoms with Gasteiger partial charge in [-0.3, -0.25) is 4.98 Å². The molecular weight excluding hydrogens is 302 g/mol. The predicted molar refractivity (Wildman–Crippen MR) is 106 cm³/mol. The van der Waals surface area contributed by atoms with E-state index in [2.05, 4.69) is 68.4 Å². The predicted octanol–water partition coefficient (Wildman–Crippen LogP) is 6.33. The molecule has 0 spiro atoms. The molecule has 1 aromatic heterocycles. The van der Waals surface area contributed by atoms with Crippen LogP contribution in [0.25, 0.3) is 43.2 Å². The van der Waals surface area contributed by atoms with Gasteiger partial charge < -0.3 is 0 Å². The summed E-state index contributed by atoms with van der Waals surface area (Å²) in [5, 5.41) is 9.37. The van der Waals surface area contributed by atoms with Gasteiger partial charge in [0, 0.05) is 22.4 Å². The molecule has 1 aliphatic rings. The molecule has 1 aliphatic carbocycles. The van der Waals surface area contributed by atoms with Crippen molar-refractivity contribution in [3.05, 3.63) is 78.0 Å². The monoisotopic (exact) mass is 319 g/mol. The van der Waals surface area contributed by atoms with Crippen LogP contribution in [0, 0.1) is 0 Å². The van der Waals surface area contributed by atoms with Crippen molar-refractivity contribution in [3.63, 3.8) is 0 Å². The van der Waals surface area contributed by atoms with Crippen LogP contribution in [-0.4, -0.2) is 4.98 Å². The van der Waals surface area contributed by atoms with Gasteiger partial charge in [0.15, 0.2) is 0 Å². The highest BCUT2D eigenvalue weighted by Gasteiger charge is 2.36. The van der Waals surface area contributed by atoms with Crippen LogP contribution in [0.2, 0.25) is 0 Å². The smallest absolute Gasteiger partial charge is 0.0787 e. The van der Waals surface area contributed by atoms with E-state index < -0.39 is 0 Å². The Morgan fingerprint density at radius 1 is 0.720 bits per heavy atom. The zero-order chi connectivity index (χ0) is 16.8. The molecular formula is C24H17N. The molecule has 0 saturated carbocycles. The van der Waals surface area contributed by atoms with E-state index in [1.807, 2.05) is 12.3 Å². The molecule has 0 fully saturated rings. The largest absolute Gasteiger partial charge is 0.256 e. The number of benzene rings is 4. The highest BCUT2D eigenvalue weighted by atomic mass is 14.7. The van der Waals surface area contributed by atoms with Crippen molar-refractivity contribution >= 4 is 43.2 Å². The summed E-state index contributed by atoms with van der Waals surface area (Å²) < 4.78 is 0. The van der Waals surface area contributed by atoms with Crippen molar-refractivity contribution in [1.29, 1.82) is 0 Å². The summed E-state index contributed by atoms with van der Waals surface area (Å²) in [5.41, 5.74) is 4.01. The van der Waals surface area contributed by atoms with Crippen LogP contribution in [0.5, 0.6) is 0 Å². The molecule has 5 aromatic rings. The summed E-state index contributed by atoms with van der Waals surface area (Å²) in [6.07, 6.45) is 1.91. The minimum atomic E-state index is -0.00165. The fraction of sp³-hybridized carbons (Fsp3) is 0.125. The summed E-state index contributed by atoms with van der Waals surface area (Å²) in [5.74, 6) is 0. The lowest BCUT2D eigenvalue weighted by Crippen LogP contribution is -2.15. The maximum Gasteiger partial charge on any atom is 0.0787 e. The molecule has 0 saturated heterocycles. The molecule has 0 N–H and O–H groups in total. The average Bonchev–Trinajstić information content (AvgIpc) is 2.89. The third kappa shape index (κ3) is 1.44. The number of nitrogens with zero attached hydrogens (tertiary/aromatic N) is 1. The van der Waals surface area contributed by atoms with E-state index in [0.29, 0.717) is 0 Å². The molecule has 0 radical (unpaired) electrons. The first-order valence-corrected chi connectivity index (χ1v) is 8.84. The maximum atomic E-state index is 4.78. The van der Waals surface area contributed by atoms with Gasteiger partial charge in [-0.15, -0.1) is 0 Å². The first-order chi connectivity index (χ1) is 12.2. The maximum absolute atomic E-state index is 4.78. The van der Waals surface area contributed by atoms with Gasteiger partial charge in [-0.1, -0.05) is 62.4 Å². The molecule has 0 bridgehead atoms. The van der Waals surface area contributed by atoms with Crippen molar-refractivity contribution in [2.45, 2.75) is 19.3 Å². The number of rotatable bonds is 0.